The van der Waals surface area contributed by atoms with Crippen molar-refractivity contribution in [1.29, 1.82) is 0 Å². The van der Waals surface area contributed by atoms with Crippen LogP contribution in [0.3, 0.4) is 0 Å². The average molecular weight is 379 g/mol. The number of hydrogen-bond acceptors (Lipinski definition) is 3. The van der Waals surface area contributed by atoms with Crippen molar-refractivity contribution in [2.75, 3.05) is 6.54 Å². The Morgan fingerprint density at radius 1 is 1.33 bits per heavy atom. The molecule has 0 radical (unpaired) electrons. The summed E-state index contributed by atoms with van der Waals surface area (Å²) in [5.74, 6) is -0.289. The molecule has 1 aromatic carbocycles. The summed E-state index contributed by atoms with van der Waals surface area (Å²) in [5.41, 5.74) is 0.677. The number of aromatic nitrogens is 4. The van der Waals surface area contributed by atoms with Crippen molar-refractivity contribution in [3.05, 3.63) is 47.3 Å². The highest BCUT2D eigenvalue weighted by molar-refractivity contribution is 5.95. The Bertz CT molecular complexity index is 948. The predicted molar refractivity (Wildman–Crippen MR) is 94.1 cm³/mol. The van der Waals surface area contributed by atoms with Crippen LogP contribution in [-0.4, -0.2) is 32.2 Å². The number of amides is 1. The number of rotatable bonds is 7. The Balaban J connectivity index is 1.65. The zero-order valence-electron chi connectivity index (χ0n) is 15.0. The molecule has 0 spiro atoms. The molecule has 0 bridgehead atoms. The summed E-state index contributed by atoms with van der Waals surface area (Å²) in [5, 5.41) is 6.53. The van der Waals surface area contributed by atoms with Gasteiger partial charge in [0.25, 0.3) is 12.3 Å². The van der Waals surface area contributed by atoms with Crippen molar-refractivity contribution in [3.8, 4) is 0 Å². The molecule has 0 saturated heterocycles. The number of nitrogens with zero attached hydrogens (tertiary/aromatic N) is 3. The van der Waals surface area contributed by atoms with Gasteiger partial charge in [-0.05, 0) is 24.1 Å². The maximum absolute atomic E-state index is 13.4. The lowest BCUT2D eigenvalue weighted by atomic mass is 10.2. The number of hydrogen-bond donors (Lipinski definition) is 2. The zero-order chi connectivity index (χ0) is 19.6. The molecule has 2 aromatic heterocycles. The summed E-state index contributed by atoms with van der Waals surface area (Å²) >= 11 is 0. The van der Waals surface area contributed by atoms with Crippen LogP contribution in [0.4, 0.5) is 13.2 Å². The largest absolute Gasteiger partial charge is 0.351 e. The van der Waals surface area contributed by atoms with E-state index in [4.69, 9.17) is 0 Å². The van der Waals surface area contributed by atoms with Crippen LogP contribution in [0.5, 0.6) is 0 Å². The monoisotopic (exact) mass is 379 g/mol. The van der Waals surface area contributed by atoms with Gasteiger partial charge in [0.2, 0.25) is 0 Å². The Hall–Kier alpha value is -2.84. The minimum absolute atomic E-state index is 0.122. The van der Waals surface area contributed by atoms with E-state index >= 15 is 0 Å². The molecule has 0 aliphatic carbocycles. The fraction of sp³-hybridized carbons (Fsp3) is 0.389. The van der Waals surface area contributed by atoms with Gasteiger partial charge < -0.3 is 10.3 Å². The number of carbonyl (C=O) groups excluding carboxylic acids is 1. The third-order valence-electron chi connectivity index (χ3n) is 4.01. The summed E-state index contributed by atoms with van der Waals surface area (Å²) in [6.07, 6.45) is -1.27. The van der Waals surface area contributed by atoms with Crippen LogP contribution in [0.1, 0.15) is 42.1 Å². The molecule has 2 heterocycles. The van der Waals surface area contributed by atoms with Crippen LogP contribution in [0.25, 0.3) is 11.0 Å². The van der Waals surface area contributed by atoms with Gasteiger partial charge in [0.15, 0.2) is 0 Å². The van der Waals surface area contributed by atoms with Crippen molar-refractivity contribution in [2.24, 2.45) is 5.92 Å². The maximum atomic E-state index is 13.4. The fourth-order valence-electron chi connectivity index (χ4n) is 2.83. The second-order valence-electron chi connectivity index (χ2n) is 6.67. The molecule has 0 atom stereocenters. The van der Waals surface area contributed by atoms with E-state index in [0.717, 1.165) is 0 Å². The first kappa shape index (κ1) is 18.9. The summed E-state index contributed by atoms with van der Waals surface area (Å²) in [6.45, 7) is 4.27. The number of halogens is 3. The van der Waals surface area contributed by atoms with Crippen molar-refractivity contribution in [1.82, 2.24) is 25.1 Å². The normalized spacial score (nSPS) is 11.7. The van der Waals surface area contributed by atoms with Gasteiger partial charge in [-0.1, -0.05) is 13.8 Å². The van der Waals surface area contributed by atoms with Gasteiger partial charge in [-0.25, -0.2) is 18.2 Å². The first-order chi connectivity index (χ1) is 12.8. The van der Waals surface area contributed by atoms with Crippen molar-refractivity contribution in [3.63, 3.8) is 0 Å². The first-order valence-corrected chi connectivity index (χ1v) is 8.61. The van der Waals surface area contributed by atoms with Crippen molar-refractivity contribution in [2.45, 2.75) is 33.2 Å². The lowest BCUT2D eigenvalue weighted by molar-refractivity contribution is 0.0935. The second kappa shape index (κ2) is 7.81. The van der Waals surface area contributed by atoms with Crippen LogP contribution < -0.4 is 5.32 Å². The number of benzene rings is 1. The fourth-order valence-corrected chi connectivity index (χ4v) is 2.83. The Labute approximate surface area is 153 Å². The van der Waals surface area contributed by atoms with E-state index in [1.807, 2.05) is 13.8 Å². The number of aromatic amines is 1. The number of imidazole rings is 1. The molecule has 1 amide bonds. The molecule has 0 unspecified atom stereocenters. The highest BCUT2D eigenvalue weighted by atomic mass is 19.3. The van der Waals surface area contributed by atoms with E-state index in [0.29, 0.717) is 29.8 Å². The lowest BCUT2D eigenvalue weighted by Crippen LogP contribution is -2.27. The van der Waals surface area contributed by atoms with Gasteiger partial charge >= 0.3 is 0 Å². The van der Waals surface area contributed by atoms with Crippen LogP contribution >= 0.6 is 0 Å². The lowest BCUT2D eigenvalue weighted by Gasteiger charge is -2.11. The van der Waals surface area contributed by atoms with E-state index in [-0.39, 0.29) is 29.5 Å². The first-order valence-electron chi connectivity index (χ1n) is 8.61. The van der Waals surface area contributed by atoms with Crippen molar-refractivity contribution < 1.29 is 18.0 Å². The maximum Gasteiger partial charge on any atom is 0.280 e. The van der Waals surface area contributed by atoms with Crippen LogP contribution in [-0.2, 0) is 13.0 Å². The molecule has 2 N–H and O–H groups in total. The molecule has 0 aliphatic heterocycles. The molecule has 0 aliphatic rings. The highest BCUT2D eigenvalue weighted by Gasteiger charge is 2.24. The molecule has 3 rings (SSSR count). The third kappa shape index (κ3) is 4.29. The molecule has 27 heavy (non-hydrogen) atoms. The molecule has 0 saturated carbocycles. The Morgan fingerprint density at radius 3 is 2.81 bits per heavy atom. The smallest absolute Gasteiger partial charge is 0.280 e. The molecule has 6 nitrogen and oxygen atoms in total. The quantitative estimate of drug-likeness (QED) is 0.660. The van der Waals surface area contributed by atoms with E-state index in [2.05, 4.69) is 20.4 Å². The third-order valence-corrected chi connectivity index (χ3v) is 4.01. The predicted octanol–water partition coefficient (Wildman–Crippen LogP) is 3.46. The van der Waals surface area contributed by atoms with Gasteiger partial charge in [0.05, 0.1) is 22.8 Å². The highest BCUT2D eigenvalue weighted by Crippen LogP contribution is 2.23. The van der Waals surface area contributed by atoms with Gasteiger partial charge in [-0.2, -0.15) is 5.10 Å². The van der Waals surface area contributed by atoms with Gasteiger partial charge in [-0.15, -0.1) is 0 Å². The molecule has 3 aromatic rings. The van der Waals surface area contributed by atoms with E-state index in [1.54, 1.807) is 6.07 Å². The zero-order valence-corrected chi connectivity index (χ0v) is 15.0. The van der Waals surface area contributed by atoms with Gasteiger partial charge in [0, 0.05) is 19.5 Å². The standard InChI is InChI=1S/C18H20F3N5O/c1-10(2)9-26-16(17(20)21)12(8-23-26)18(27)22-6-5-15-24-13-4-3-11(19)7-14(13)25-15/h3-4,7-8,10,17H,5-6,9H2,1-2H3,(H,22,27)(H,24,25). The Morgan fingerprint density at radius 2 is 2.11 bits per heavy atom. The van der Waals surface area contributed by atoms with Gasteiger partial charge in [-0.3, -0.25) is 9.48 Å². The summed E-state index contributed by atoms with van der Waals surface area (Å²) in [4.78, 5) is 19.6. The Kier molecular flexibility index (Phi) is 5.48. The minimum Gasteiger partial charge on any atom is -0.351 e. The molecular weight excluding hydrogens is 359 g/mol. The summed E-state index contributed by atoms with van der Waals surface area (Å²) in [6, 6.07) is 4.21. The van der Waals surface area contributed by atoms with Crippen LogP contribution in [0.2, 0.25) is 0 Å². The van der Waals surface area contributed by atoms with E-state index in [1.165, 1.54) is 23.0 Å². The molecule has 0 fully saturated rings. The molecule has 144 valence electrons. The number of H-pyrrole nitrogens is 1. The second-order valence-corrected chi connectivity index (χ2v) is 6.67. The van der Waals surface area contributed by atoms with Crippen LogP contribution in [0, 0.1) is 11.7 Å². The summed E-state index contributed by atoms with van der Waals surface area (Å²) in [7, 11) is 0. The van der Waals surface area contributed by atoms with E-state index in [9.17, 15) is 18.0 Å². The summed E-state index contributed by atoms with van der Waals surface area (Å²) < 4.78 is 41.1. The number of fused-ring (bicyclic) bond motifs is 1. The SMILES string of the molecule is CC(C)Cn1ncc(C(=O)NCCc2nc3ccc(F)cc3[nH]2)c1C(F)F. The topological polar surface area (TPSA) is 75.6 Å². The number of carbonyl (C=O) groups is 1. The molecule has 9 heteroatoms. The average Bonchev–Trinajstić information content (AvgIpc) is 3.17. The van der Waals surface area contributed by atoms with Crippen molar-refractivity contribution >= 4 is 16.9 Å². The number of nitrogens with one attached hydrogen (secondary N) is 2. The molecular formula is C18H20F3N5O. The van der Waals surface area contributed by atoms with E-state index < -0.39 is 12.3 Å². The number of alkyl halides is 2. The van der Waals surface area contributed by atoms with Gasteiger partial charge in [0.1, 0.15) is 17.3 Å². The van der Waals surface area contributed by atoms with Crippen LogP contribution in [0.15, 0.2) is 24.4 Å². The minimum atomic E-state index is -2.79.